The van der Waals surface area contributed by atoms with Gasteiger partial charge in [-0.05, 0) is 37.1 Å². The monoisotopic (exact) mass is 334 g/mol. The number of aromatic nitrogens is 3. The first-order chi connectivity index (χ1) is 12.2. The fourth-order valence-corrected chi connectivity index (χ4v) is 3.29. The highest BCUT2D eigenvalue weighted by Crippen LogP contribution is 2.31. The van der Waals surface area contributed by atoms with E-state index in [1.807, 2.05) is 10.9 Å². The Morgan fingerprint density at radius 1 is 1.08 bits per heavy atom. The van der Waals surface area contributed by atoms with Crippen molar-refractivity contribution in [1.29, 1.82) is 0 Å². The molecule has 4 rings (SSSR count). The molecule has 128 valence electrons. The van der Waals surface area contributed by atoms with E-state index < -0.39 is 0 Å². The van der Waals surface area contributed by atoms with Gasteiger partial charge in [-0.3, -0.25) is 0 Å². The van der Waals surface area contributed by atoms with Gasteiger partial charge in [0, 0.05) is 12.2 Å². The van der Waals surface area contributed by atoms with E-state index in [0.29, 0.717) is 13.2 Å². The van der Waals surface area contributed by atoms with Crippen LogP contribution in [0.2, 0.25) is 0 Å². The van der Waals surface area contributed by atoms with Crippen molar-refractivity contribution in [2.75, 3.05) is 18.1 Å². The zero-order valence-corrected chi connectivity index (χ0v) is 14.6. The number of rotatable bonds is 4. The molecule has 2 heterocycles. The van der Waals surface area contributed by atoms with Crippen molar-refractivity contribution < 1.29 is 4.74 Å². The van der Waals surface area contributed by atoms with Gasteiger partial charge in [0.25, 0.3) is 0 Å². The van der Waals surface area contributed by atoms with Crippen LogP contribution in [0.3, 0.4) is 0 Å². The molecule has 1 atom stereocenters. The first kappa shape index (κ1) is 15.8. The summed E-state index contributed by atoms with van der Waals surface area (Å²) < 4.78 is 7.81. The minimum atomic E-state index is -0.173. The van der Waals surface area contributed by atoms with Gasteiger partial charge in [0.05, 0.1) is 19.3 Å². The Hall–Kier alpha value is -2.66. The lowest BCUT2D eigenvalue weighted by Crippen LogP contribution is -2.23. The summed E-state index contributed by atoms with van der Waals surface area (Å²) in [6.45, 7) is 6.48. The van der Waals surface area contributed by atoms with Crippen LogP contribution < -0.4 is 4.90 Å². The molecule has 1 saturated heterocycles. The van der Waals surface area contributed by atoms with Gasteiger partial charge in [0.15, 0.2) is 6.23 Å². The fourth-order valence-electron chi connectivity index (χ4n) is 3.29. The van der Waals surface area contributed by atoms with Crippen LogP contribution in [0.1, 0.15) is 28.6 Å². The van der Waals surface area contributed by atoms with Crippen LogP contribution in [-0.2, 0) is 11.3 Å². The third-order valence-electron chi connectivity index (χ3n) is 4.46. The molecule has 0 bridgehead atoms. The van der Waals surface area contributed by atoms with Crippen molar-refractivity contribution in [3.05, 3.63) is 77.1 Å². The SMILES string of the molecule is Cc1cccc(Cn2cc([C@H]3OCCN3c3cccc(C)c3)nn2)c1. The molecule has 3 aromatic rings. The summed E-state index contributed by atoms with van der Waals surface area (Å²) >= 11 is 0. The molecule has 5 heteroatoms. The quantitative estimate of drug-likeness (QED) is 0.733. The second-order valence-corrected chi connectivity index (χ2v) is 6.59. The lowest BCUT2D eigenvalue weighted by Gasteiger charge is -2.23. The predicted octanol–water partition coefficient (Wildman–Crippen LogP) is 3.48. The number of nitrogens with zero attached hydrogens (tertiary/aromatic N) is 4. The van der Waals surface area contributed by atoms with Crippen LogP contribution in [0, 0.1) is 13.8 Å². The number of benzene rings is 2. The van der Waals surface area contributed by atoms with Gasteiger partial charge in [0.1, 0.15) is 5.69 Å². The van der Waals surface area contributed by atoms with E-state index in [4.69, 9.17) is 4.74 Å². The molecule has 1 fully saturated rings. The van der Waals surface area contributed by atoms with E-state index in [-0.39, 0.29) is 6.23 Å². The van der Waals surface area contributed by atoms with Crippen molar-refractivity contribution in [1.82, 2.24) is 15.0 Å². The summed E-state index contributed by atoms with van der Waals surface area (Å²) in [5, 5.41) is 8.65. The van der Waals surface area contributed by atoms with Crippen LogP contribution in [0.25, 0.3) is 0 Å². The first-order valence-electron chi connectivity index (χ1n) is 8.59. The standard InChI is InChI=1S/C20H22N4O/c1-15-5-3-7-17(11-15)13-23-14-19(21-22-23)20-24(9-10-25-20)18-8-4-6-16(2)12-18/h3-8,11-12,14,20H,9-10,13H2,1-2H3/t20-/m1/s1. The number of aryl methyl sites for hydroxylation is 2. The van der Waals surface area contributed by atoms with Gasteiger partial charge in [-0.15, -0.1) is 5.10 Å². The molecular formula is C20H22N4O. The molecule has 5 nitrogen and oxygen atoms in total. The Morgan fingerprint density at radius 3 is 2.68 bits per heavy atom. The highest BCUT2D eigenvalue weighted by Gasteiger charge is 2.29. The zero-order chi connectivity index (χ0) is 17.2. The molecule has 0 N–H and O–H groups in total. The molecule has 25 heavy (non-hydrogen) atoms. The summed E-state index contributed by atoms with van der Waals surface area (Å²) in [5.41, 5.74) is 5.73. The topological polar surface area (TPSA) is 43.2 Å². The van der Waals surface area contributed by atoms with E-state index >= 15 is 0 Å². The molecule has 0 amide bonds. The van der Waals surface area contributed by atoms with Gasteiger partial charge in [-0.2, -0.15) is 0 Å². The van der Waals surface area contributed by atoms with Crippen LogP contribution in [0.5, 0.6) is 0 Å². The van der Waals surface area contributed by atoms with Crippen molar-refractivity contribution in [3.8, 4) is 0 Å². The Morgan fingerprint density at radius 2 is 1.88 bits per heavy atom. The maximum absolute atomic E-state index is 5.94. The Labute approximate surface area is 147 Å². The van der Waals surface area contributed by atoms with Gasteiger partial charge in [-0.1, -0.05) is 47.2 Å². The molecule has 1 aliphatic rings. The number of anilines is 1. The molecular weight excluding hydrogens is 312 g/mol. The van der Waals surface area contributed by atoms with Crippen molar-refractivity contribution in [3.63, 3.8) is 0 Å². The van der Waals surface area contributed by atoms with Gasteiger partial charge in [-0.25, -0.2) is 4.68 Å². The molecule has 1 aliphatic heterocycles. The summed E-state index contributed by atoms with van der Waals surface area (Å²) in [7, 11) is 0. The largest absolute Gasteiger partial charge is 0.350 e. The minimum absolute atomic E-state index is 0.173. The third-order valence-corrected chi connectivity index (χ3v) is 4.46. The lowest BCUT2D eigenvalue weighted by molar-refractivity contribution is 0.110. The molecule has 0 aliphatic carbocycles. The summed E-state index contributed by atoms with van der Waals surface area (Å²) in [6.07, 6.45) is 1.81. The summed E-state index contributed by atoms with van der Waals surface area (Å²) in [6, 6.07) is 16.9. The molecule has 2 aromatic carbocycles. The molecule has 0 radical (unpaired) electrons. The normalized spacial score (nSPS) is 17.2. The highest BCUT2D eigenvalue weighted by atomic mass is 16.5. The molecule has 1 aromatic heterocycles. The van der Waals surface area contributed by atoms with Gasteiger partial charge < -0.3 is 9.64 Å². The highest BCUT2D eigenvalue weighted by molar-refractivity contribution is 5.50. The Balaban J connectivity index is 1.54. The third kappa shape index (κ3) is 3.42. The minimum Gasteiger partial charge on any atom is -0.350 e. The number of hydrogen-bond donors (Lipinski definition) is 0. The van der Waals surface area contributed by atoms with Gasteiger partial charge >= 0.3 is 0 Å². The Kier molecular flexibility index (Phi) is 4.24. The predicted molar refractivity (Wildman–Crippen MR) is 97.5 cm³/mol. The molecule has 0 unspecified atom stereocenters. The fraction of sp³-hybridized carbons (Fsp3) is 0.300. The Bertz CT molecular complexity index is 873. The maximum Gasteiger partial charge on any atom is 0.177 e. The summed E-state index contributed by atoms with van der Waals surface area (Å²) in [4.78, 5) is 2.24. The van der Waals surface area contributed by atoms with E-state index in [1.165, 1.54) is 16.7 Å². The van der Waals surface area contributed by atoms with E-state index in [0.717, 1.165) is 17.9 Å². The second-order valence-electron chi connectivity index (χ2n) is 6.59. The van der Waals surface area contributed by atoms with Crippen LogP contribution in [-0.4, -0.2) is 28.1 Å². The van der Waals surface area contributed by atoms with E-state index in [1.54, 1.807) is 0 Å². The number of ether oxygens (including phenoxy) is 1. The van der Waals surface area contributed by atoms with Crippen LogP contribution >= 0.6 is 0 Å². The number of hydrogen-bond acceptors (Lipinski definition) is 4. The van der Waals surface area contributed by atoms with Crippen molar-refractivity contribution in [2.45, 2.75) is 26.6 Å². The maximum atomic E-state index is 5.94. The zero-order valence-electron chi connectivity index (χ0n) is 14.6. The second kappa shape index (κ2) is 6.69. The average Bonchev–Trinajstić information content (AvgIpc) is 3.23. The van der Waals surface area contributed by atoms with Crippen molar-refractivity contribution in [2.24, 2.45) is 0 Å². The van der Waals surface area contributed by atoms with Gasteiger partial charge in [0.2, 0.25) is 0 Å². The smallest absolute Gasteiger partial charge is 0.177 e. The van der Waals surface area contributed by atoms with E-state index in [2.05, 4.69) is 77.6 Å². The first-order valence-corrected chi connectivity index (χ1v) is 8.59. The lowest BCUT2D eigenvalue weighted by atomic mass is 10.1. The van der Waals surface area contributed by atoms with E-state index in [9.17, 15) is 0 Å². The van der Waals surface area contributed by atoms with Crippen LogP contribution in [0.15, 0.2) is 54.7 Å². The average molecular weight is 334 g/mol. The molecule has 0 spiro atoms. The summed E-state index contributed by atoms with van der Waals surface area (Å²) in [5.74, 6) is 0. The van der Waals surface area contributed by atoms with Crippen LogP contribution in [0.4, 0.5) is 5.69 Å². The molecule has 0 saturated carbocycles. The van der Waals surface area contributed by atoms with Crippen molar-refractivity contribution >= 4 is 5.69 Å².